The molecule has 160 valence electrons. The molecule has 0 saturated carbocycles. The fourth-order valence-corrected chi connectivity index (χ4v) is 4.52. The van der Waals surface area contributed by atoms with Crippen molar-refractivity contribution in [3.05, 3.63) is 114 Å². The average molecular weight is 458 g/mol. The Bertz CT molecular complexity index is 1720. The van der Waals surface area contributed by atoms with E-state index in [0.29, 0.717) is 17.3 Å². The smallest absolute Gasteiger partial charge is 0.226 e. The first-order chi connectivity index (χ1) is 16.7. The van der Waals surface area contributed by atoms with Crippen LogP contribution in [0.15, 0.2) is 97.1 Å². The monoisotopic (exact) mass is 457 g/mol. The lowest BCUT2D eigenvalue weighted by Crippen LogP contribution is -1.98. The molecule has 5 nitrogen and oxygen atoms in total. The van der Waals surface area contributed by atoms with E-state index in [0.717, 1.165) is 38.6 Å². The number of benzene rings is 4. The molecule has 0 radical (unpaired) electrons. The number of para-hydroxylation sites is 1. The van der Waals surface area contributed by atoms with Gasteiger partial charge in [0.15, 0.2) is 17.3 Å². The molecular weight excluding hydrogens is 442 g/mol. The van der Waals surface area contributed by atoms with Crippen molar-refractivity contribution in [3.63, 3.8) is 0 Å². The number of hydrogen-bond donors (Lipinski definition) is 0. The van der Waals surface area contributed by atoms with Crippen LogP contribution in [0.4, 0.5) is 5.69 Å². The van der Waals surface area contributed by atoms with Gasteiger partial charge in [0.2, 0.25) is 5.28 Å². The molecule has 0 saturated heterocycles. The van der Waals surface area contributed by atoms with E-state index in [2.05, 4.69) is 37.6 Å². The molecule has 2 aromatic heterocycles. The van der Waals surface area contributed by atoms with E-state index < -0.39 is 0 Å². The highest BCUT2D eigenvalue weighted by Crippen LogP contribution is 2.39. The molecule has 0 bridgehead atoms. The van der Waals surface area contributed by atoms with Crippen LogP contribution in [0.1, 0.15) is 0 Å². The third-order valence-corrected chi connectivity index (χ3v) is 5.97. The van der Waals surface area contributed by atoms with Crippen LogP contribution < -0.4 is 0 Å². The molecule has 6 heteroatoms. The molecule has 0 N–H and O–H groups in total. The fraction of sp³-hybridized carbons (Fsp3) is 0. The minimum absolute atomic E-state index is 0.134. The Morgan fingerprint density at radius 3 is 2.21 bits per heavy atom. The van der Waals surface area contributed by atoms with Crippen molar-refractivity contribution in [1.82, 2.24) is 19.5 Å². The lowest BCUT2D eigenvalue weighted by atomic mass is 10.1. The summed E-state index contributed by atoms with van der Waals surface area (Å²) in [6.07, 6.45) is 0. The summed E-state index contributed by atoms with van der Waals surface area (Å²) in [5, 5.41) is 2.06. The number of rotatable bonds is 3. The second kappa shape index (κ2) is 8.11. The molecular formula is C28H16ClN5. The molecule has 2 heterocycles. The summed E-state index contributed by atoms with van der Waals surface area (Å²) in [6.45, 7) is 7.53. The van der Waals surface area contributed by atoms with E-state index in [1.807, 2.05) is 78.9 Å². The zero-order valence-corrected chi connectivity index (χ0v) is 18.6. The van der Waals surface area contributed by atoms with Gasteiger partial charge in [0, 0.05) is 22.2 Å². The molecule has 0 aliphatic rings. The maximum atomic E-state index is 7.53. The first-order valence-electron chi connectivity index (χ1n) is 10.7. The third kappa shape index (κ3) is 3.29. The molecule has 0 unspecified atom stereocenters. The summed E-state index contributed by atoms with van der Waals surface area (Å²) in [5.41, 5.74) is 5.31. The molecule has 0 fully saturated rings. The Hall–Kier alpha value is -4.53. The van der Waals surface area contributed by atoms with Gasteiger partial charge >= 0.3 is 0 Å². The Balaban J connectivity index is 1.70. The highest BCUT2D eigenvalue weighted by atomic mass is 35.5. The normalized spacial score (nSPS) is 11.1. The number of aromatic nitrogens is 4. The van der Waals surface area contributed by atoms with Gasteiger partial charge in [-0.2, -0.15) is 9.97 Å². The van der Waals surface area contributed by atoms with Crippen molar-refractivity contribution >= 4 is 39.1 Å². The zero-order valence-electron chi connectivity index (χ0n) is 17.9. The molecule has 0 amide bonds. The maximum Gasteiger partial charge on any atom is 0.226 e. The Kier molecular flexibility index (Phi) is 4.80. The standard InChI is InChI=1S/C28H16ClN5/c1-30-19-15-16-23-22(17-19)25-21(13-8-14-24(25)34(23)20-11-6-3-7-12-20)27-31-26(32-28(29)33-27)18-9-4-2-5-10-18/h2-17H. The van der Waals surface area contributed by atoms with Crippen molar-refractivity contribution < 1.29 is 0 Å². The highest BCUT2D eigenvalue weighted by Gasteiger charge is 2.19. The van der Waals surface area contributed by atoms with E-state index in [1.54, 1.807) is 0 Å². The minimum atomic E-state index is 0.134. The molecule has 0 atom stereocenters. The van der Waals surface area contributed by atoms with Crippen molar-refractivity contribution in [2.75, 3.05) is 0 Å². The lowest BCUT2D eigenvalue weighted by molar-refractivity contribution is 1.07. The molecule has 6 aromatic rings. The maximum absolute atomic E-state index is 7.53. The predicted octanol–water partition coefficient (Wildman–Crippen LogP) is 7.51. The summed E-state index contributed by atoms with van der Waals surface area (Å²) in [6, 6.07) is 31.7. The molecule has 0 spiro atoms. The van der Waals surface area contributed by atoms with E-state index in [4.69, 9.17) is 23.2 Å². The van der Waals surface area contributed by atoms with E-state index >= 15 is 0 Å². The van der Waals surface area contributed by atoms with Gasteiger partial charge < -0.3 is 4.57 Å². The van der Waals surface area contributed by atoms with E-state index in [-0.39, 0.29) is 5.28 Å². The van der Waals surface area contributed by atoms with E-state index in [9.17, 15) is 0 Å². The Labute approximate surface area is 200 Å². The quantitative estimate of drug-likeness (QED) is 0.258. The summed E-state index contributed by atoms with van der Waals surface area (Å²) >= 11 is 6.36. The molecule has 0 aliphatic carbocycles. The second-order valence-corrected chi connectivity index (χ2v) is 8.14. The number of hydrogen-bond acceptors (Lipinski definition) is 3. The third-order valence-electron chi connectivity index (χ3n) is 5.80. The van der Waals surface area contributed by atoms with Crippen molar-refractivity contribution in [2.24, 2.45) is 0 Å². The largest absolute Gasteiger partial charge is 0.309 e. The van der Waals surface area contributed by atoms with Crippen LogP contribution in [-0.4, -0.2) is 19.5 Å². The Morgan fingerprint density at radius 2 is 1.44 bits per heavy atom. The number of fused-ring (bicyclic) bond motifs is 3. The van der Waals surface area contributed by atoms with Crippen molar-refractivity contribution in [3.8, 4) is 28.5 Å². The summed E-state index contributed by atoms with van der Waals surface area (Å²) in [7, 11) is 0. The summed E-state index contributed by atoms with van der Waals surface area (Å²) < 4.78 is 2.20. The summed E-state index contributed by atoms with van der Waals surface area (Å²) in [5.74, 6) is 1.01. The van der Waals surface area contributed by atoms with Gasteiger partial charge in [-0.3, -0.25) is 0 Å². The first-order valence-corrected chi connectivity index (χ1v) is 11.1. The van der Waals surface area contributed by atoms with Crippen LogP contribution in [0, 0.1) is 6.57 Å². The number of nitrogens with zero attached hydrogens (tertiary/aromatic N) is 5. The molecule has 6 rings (SSSR count). The van der Waals surface area contributed by atoms with Gasteiger partial charge in [-0.15, -0.1) is 0 Å². The minimum Gasteiger partial charge on any atom is -0.309 e. The van der Waals surface area contributed by atoms with E-state index in [1.165, 1.54) is 0 Å². The topological polar surface area (TPSA) is 48.0 Å². The van der Waals surface area contributed by atoms with Crippen molar-refractivity contribution in [1.29, 1.82) is 0 Å². The van der Waals surface area contributed by atoms with Crippen molar-refractivity contribution in [2.45, 2.75) is 0 Å². The molecule has 4 aromatic carbocycles. The first kappa shape index (κ1) is 20.1. The van der Waals surface area contributed by atoms with Crippen LogP contribution in [-0.2, 0) is 0 Å². The van der Waals surface area contributed by atoms with Gasteiger partial charge in [-0.1, -0.05) is 66.7 Å². The van der Waals surface area contributed by atoms with Gasteiger partial charge in [0.1, 0.15) is 0 Å². The van der Waals surface area contributed by atoms with Gasteiger partial charge in [-0.25, -0.2) is 9.83 Å². The van der Waals surface area contributed by atoms with Crippen LogP contribution in [0.25, 0.3) is 55.1 Å². The van der Waals surface area contributed by atoms with Gasteiger partial charge in [-0.05, 0) is 47.3 Å². The van der Waals surface area contributed by atoms with Gasteiger partial charge in [0.25, 0.3) is 0 Å². The van der Waals surface area contributed by atoms with Crippen LogP contribution >= 0.6 is 11.6 Å². The number of halogens is 1. The van der Waals surface area contributed by atoms with Crippen LogP contribution in [0.5, 0.6) is 0 Å². The lowest BCUT2D eigenvalue weighted by Gasteiger charge is -2.09. The summed E-state index contributed by atoms with van der Waals surface area (Å²) in [4.78, 5) is 17.3. The fourth-order valence-electron chi connectivity index (χ4n) is 4.36. The zero-order chi connectivity index (χ0) is 23.1. The molecule has 34 heavy (non-hydrogen) atoms. The Morgan fingerprint density at radius 1 is 0.706 bits per heavy atom. The molecule has 0 aliphatic heterocycles. The van der Waals surface area contributed by atoms with Crippen LogP contribution in [0.2, 0.25) is 5.28 Å². The second-order valence-electron chi connectivity index (χ2n) is 7.80. The highest BCUT2D eigenvalue weighted by molar-refractivity contribution is 6.28. The van der Waals surface area contributed by atoms with Gasteiger partial charge in [0.05, 0.1) is 17.6 Å². The predicted molar refractivity (Wildman–Crippen MR) is 136 cm³/mol. The SMILES string of the molecule is [C-]#[N+]c1ccc2c(c1)c1c(-c3nc(Cl)nc(-c4ccccc4)n3)cccc1n2-c1ccccc1. The average Bonchev–Trinajstić information content (AvgIpc) is 3.23. The van der Waals surface area contributed by atoms with Crippen LogP contribution in [0.3, 0.4) is 0 Å².